The highest BCUT2D eigenvalue weighted by molar-refractivity contribution is 6.06. The Morgan fingerprint density at radius 2 is 1.40 bits per heavy atom. The first-order valence-corrected chi connectivity index (χ1v) is 14.4. The van der Waals surface area contributed by atoms with E-state index in [0.29, 0.717) is 19.5 Å². The number of Topliss-reactive ketones (excluding diaryl/α,β-unsaturated/α-hetero) is 1. The van der Waals surface area contributed by atoms with Gasteiger partial charge in [0.15, 0.2) is 0 Å². The molecule has 42 heavy (non-hydrogen) atoms. The summed E-state index contributed by atoms with van der Waals surface area (Å²) in [5.41, 5.74) is 5.05. The molecule has 1 aliphatic heterocycles. The lowest BCUT2D eigenvalue weighted by Crippen LogP contribution is -2.43. The largest absolute Gasteiger partial charge is 0.446 e. The van der Waals surface area contributed by atoms with Gasteiger partial charge in [-0.2, -0.15) is 0 Å². The van der Waals surface area contributed by atoms with Crippen molar-refractivity contribution >= 4 is 23.5 Å². The lowest BCUT2D eigenvalue weighted by atomic mass is 9.80. The van der Waals surface area contributed by atoms with E-state index >= 15 is 0 Å². The normalized spacial score (nSPS) is 16.0. The van der Waals surface area contributed by atoms with Crippen LogP contribution < -0.4 is 4.90 Å². The molecule has 0 bridgehead atoms. The molecule has 4 aromatic rings. The first-order valence-electron chi connectivity index (χ1n) is 14.4. The summed E-state index contributed by atoms with van der Waals surface area (Å²) in [6.45, 7) is 4.88. The molecule has 5 rings (SSSR count). The van der Waals surface area contributed by atoms with Crippen molar-refractivity contribution in [2.75, 3.05) is 11.5 Å². The van der Waals surface area contributed by atoms with E-state index in [-0.39, 0.29) is 12.4 Å². The number of rotatable bonds is 11. The minimum absolute atomic E-state index is 0.0689. The van der Waals surface area contributed by atoms with Crippen molar-refractivity contribution < 1.29 is 19.1 Å². The lowest BCUT2D eigenvalue weighted by Gasteiger charge is -2.30. The molecule has 2 unspecified atom stereocenters. The Morgan fingerprint density at radius 3 is 1.95 bits per heavy atom. The van der Waals surface area contributed by atoms with Gasteiger partial charge in [-0.05, 0) is 47.7 Å². The zero-order valence-electron chi connectivity index (χ0n) is 24.1. The number of ketones is 1. The Morgan fingerprint density at radius 1 is 0.833 bits per heavy atom. The zero-order chi connectivity index (χ0) is 29.5. The number of ether oxygens (including phenoxy) is 1. The first-order chi connectivity index (χ1) is 20.5. The number of anilines is 1. The number of carbonyl (C=O) groups excluding carboxylic acids is 3. The first kappa shape index (κ1) is 28.8. The molecule has 0 spiro atoms. The molecule has 2 amide bonds. The summed E-state index contributed by atoms with van der Waals surface area (Å²) in [6.07, 6.45) is -0.156. The van der Waals surface area contributed by atoms with Crippen LogP contribution in [-0.4, -0.2) is 29.3 Å². The topological polar surface area (TPSA) is 66.9 Å². The van der Waals surface area contributed by atoms with Crippen molar-refractivity contribution in [3.05, 3.63) is 138 Å². The Balaban J connectivity index is 1.47. The van der Waals surface area contributed by atoms with Gasteiger partial charge < -0.3 is 9.64 Å². The molecule has 0 N–H and O–H groups in total. The number of amides is 2. The highest BCUT2D eigenvalue weighted by atomic mass is 16.6. The standard InChI is InChI=1S/C36H36N2O4/c1-3-32(34(26(2)39)35(40)38-33(25-42-36(38)41)29-18-11-6-12-19-29)30-20-13-21-31(22-30)37(23-27-14-7-4-8-15-27)24-28-16-9-5-10-17-28/h4-22,32-34H,3,23-25H2,1-2H3/t32?,33-,34?/m1/s1. The third-order valence-corrected chi connectivity index (χ3v) is 7.94. The van der Waals surface area contributed by atoms with Crippen LogP contribution in [0.3, 0.4) is 0 Å². The number of hydrogen-bond donors (Lipinski definition) is 0. The van der Waals surface area contributed by atoms with E-state index in [9.17, 15) is 14.4 Å². The van der Waals surface area contributed by atoms with Crippen LogP contribution in [-0.2, 0) is 27.4 Å². The van der Waals surface area contributed by atoms with Gasteiger partial charge in [0.1, 0.15) is 24.3 Å². The monoisotopic (exact) mass is 560 g/mol. The average molecular weight is 561 g/mol. The van der Waals surface area contributed by atoms with Crippen molar-refractivity contribution in [1.29, 1.82) is 0 Å². The minimum Gasteiger partial charge on any atom is -0.446 e. The lowest BCUT2D eigenvalue weighted by molar-refractivity contribution is -0.140. The molecule has 1 saturated heterocycles. The number of cyclic esters (lactones) is 1. The molecule has 0 radical (unpaired) electrons. The summed E-state index contributed by atoms with van der Waals surface area (Å²) in [5, 5.41) is 0. The Kier molecular flexibility index (Phi) is 9.12. The van der Waals surface area contributed by atoms with Gasteiger partial charge in [0, 0.05) is 24.7 Å². The molecule has 6 heteroatoms. The minimum atomic E-state index is -1.01. The second-order valence-electron chi connectivity index (χ2n) is 10.7. The van der Waals surface area contributed by atoms with Crippen LogP contribution in [0.1, 0.15) is 54.5 Å². The predicted molar refractivity (Wildman–Crippen MR) is 164 cm³/mol. The quantitative estimate of drug-likeness (QED) is 0.180. The fourth-order valence-corrected chi connectivity index (χ4v) is 5.83. The number of carbonyl (C=O) groups is 3. The van der Waals surface area contributed by atoms with Gasteiger partial charge in [0.25, 0.3) is 0 Å². The van der Waals surface area contributed by atoms with Crippen LogP contribution in [0.15, 0.2) is 115 Å². The van der Waals surface area contributed by atoms with Gasteiger partial charge in [0.05, 0.1) is 0 Å². The third kappa shape index (κ3) is 6.44. The number of imide groups is 1. The molecule has 4 aromatic carbocycles. The fourth-order valence-electron chi connectivity index (χ4n) is 5.83. The predicted octanol–water partition coefficient (Wildman–Crippen LogP) is 7.31. The average Bonchev–Trinajstić information content (AvgIpc) is 3.41. The summed E-state index contributed by atoms with van der Waals surface area (Å²) < 4.78 is 5.31. The SMILES string of the molecule is CCC(c1cccc(N(Cc2ccccc2)Cc2ccccc2)c1)C(C(C)=O)C(=O)N1C(=O)OC[C@@H]1c1ccccc1. The van der Waals surface area contributed by atoms with Gasteiger partial charge in [0.2, 0.25) is 5.91 Å². The summed E-state index contributed by atoms with van der Waals surface area (Å²) in [5.74, 6) is -2.20. The Bertz CT molecular complexity index is 1470. The van der Waals surface area contributed by atoms with Crippen molar-refractivity contribution in [1.82, 2.24) is 4.90 Å². The van der Waals surface area contributed by atoms with Crippen molar-refractivity contribution in [2.45, 2.75) is 45.3 Å². The summed E-state index contributed by atoms with van der Waals surface area (Å²) >= 11 is 0. The molecule has 1 heterocycles. The molecule has 0 aromatic heterocycles. The van der Waals surface area contributed by atoms with E-state index < -0.39 is 29.9 Å². The van der Waals surface area contributed by atoms with E-state index in [4.69, 9.17) is 4.74 Å². The maximum absolute atomic E-state index is 14.0. The summed E-state index contributed by atoms with van der Waals surface area (Å²) in [4.78, 5) is 43.5. The van der Waals surface area contributed by atoms with E-state index in [2.05, 4.69) is 41.3 Å². The maximum Gasteiger partial charge on any atom is 0.417 e. The number of hydrogen-bond acceptors (Lipinski definition) is 5. The number of benzene rings is 4. The highest BCUT2D eigenvalue weighted by Crippen LogP contribution is 2.37. The second-order valence-corrected chi connectivity index (χ2v) is 10.7. The molecular formula is C36H36N2O4. The van der Waals surface area contributed by atoms with Gasteiger partial charge in [-0.3, -0.25) is 9.59 Å². The summed E-state index contributed by atoms with van der Waals surface area (Å²) in [6, 6.07) is 37.5. The van der Waals surface area contributed by atoms with Crippen molar-refractivity contribution in [3.63, 3.8) is 0 Å². The van der Waals surface area contributed by atoms with Gasteiger partial charge >= 0.3 is 6.09 Å². The molecule has 0 aliphatic carbocycles. The molecule has 3 atom stereocenters. The van der Waals surface area contributed by atoms with Crippen LogP contribution in [0.25, 0.3) is 0 Å². The molecule has 6 nitrogen and oxygen atoms in total. The Labute approximate surface area is 247 Å². The maximum atomic E-state index is 14.0. The molecule has 214 valence electrons. The van der Waals surface area contributed by atoms with Crippen LogP contribution in [0.2, 0.25) is 0 Å². The van der Waals surface area contributed by atoms with E-state index in [1.165, 1.54) is 18.1 Å². The molecule has 0 saturated carbocycles. The van der Waals surface area contributed by atoms with Crippen LogP contribution in [0.4, 0.5) is 10.5 Å². The van der Waals surface area contributed by atoms with Crippen LogP contribution in [0.5, 0.6) is 0 Å². The fraction of sp³-hybridized carbons (Fsp3) is 0.250. The van der Waals surface area contributed by atoms with Crippen molar-refractivity contribution in [2.24, 2.45) is 5.92 Å². The van der Waals surface area contributed by atoms with E-state index in [1.54, 1.807) is 0 Å². The smallest absolute Gasteiger partial charge is 0.417 e. The summed E-state index contributed by atoms with van der Waals surface area (Å²) in [7, 11) is 0. The molecule has 1 fully saturated rings. The molecular weight excluding hydrogens is 524 g/mol. The van der Waals surface area contributed by atoms with Gasteiger partial charge in [-0.1, -0.05) is 110 Å². The van der Waals surface area contributed by atoms with Crippen LogP contribution >= 0.6 is 0 Å². The third-order valence-electron chi connectivity index (χ3n) is 7.94. The van der Waals surface area contributed by atoms with Crippen LogP contribution in [0, 0.1) is 5.92 Å². The molecule has 1 aliphatic rings. The van der Waals surface area contributed by atoms with E-state index in [0.717, 1.165) is 21.7 Å². The van der Waals surface area contributed by atoms with Gasteiger partial charge in [-0.25, -0.2) is 9.69 Å². The number of nitrogens with zero attached hydrogens (tertiary/aromatic N) is 2. The van der Waals surface area contributed by atoms with Gasteiger partial charge in [-0.15, -0.1) is 0 Å². The zero-order valence-corrected chi connectivity index (χ0v) is 24.1. The van der Waals surface area contributed by atoms with Crippen molar-refractivity contribution in [3.8, 4) is 0 Å². The second kappa shape index (κ2) is 13.3. The highest BCUT2D eigenvalue weighted by Gasteiger charge is 2.45. The Hall–Kier alpha value is -4.71. The van der Waals surface area contributed by atoms with E-state index in [1.807, 2.05) is 85.8 Å².